The zero-order chi connectivity index (χ0) is 27.4. The third kappa shape index (κ3) is 4.46. The van der Waals surface area contributed by atoms with Gasteiger partial charge in [0.25, 0.3) is 11.2 Å². The molecule has 0 bridgehead atoms. The highest BCUT2D eigenvalue weighted by atomic mass is 19.4. The number of nitrogens with zero attached hydrogens (tertiary/aromatic N) is 3. The summed E-state index contributed by atoms with van der Waals surface area (Å²) in [5.41, 5.74) is -11.2. The molecule has 0 fully saturated rings. The Morgan fingerprint density at radius 1 is 0.917 bits per heavy atom. The van der Waals surface area contributed by atoms with E-state index in [9.17, 15) is 58.8 Å². The van der Waals surface area contributed by atoms with Crippen molar-refractivity contribution >= 4 is 16.6 Å². The van der Waals surface area contributed by atoms with Crippen LogP contribution in [0.1, 0.15) is 22.5 Å². The predicted octanol–water partition coefficient (Wildman–Crippen LogP) is 5.97. The second-order valence-corrected chi connectivity index (χ2v) is 7.59. The summed E-state index contributed by atoms with van der Waals surface area (Å²) >= 11 is 0. The Hall–Kier alpha value is -3.72. The molecule has 3 aromatic rings. The lowest BCUT2D eigenvalue weighted by Gasteiger charge is -2.30. The molecule has 0 amide bonds. The van der Waals surface area contributed by atoms with Gasteiger partial charge in [-0.1, -0.05) is 12.1 Å². The number of rotatable bonds is 4. The second kappa shape index (κ2) is 8.44. The summed E-state index contributed by atoms with van der Waals surface area (Å²) in [4.78, 5) is 26.2. The highest BCUT2D eigenvalue weighted by Crippen LogP contribution is 2.53. The number of hydrogen-bond acceptors (Lipinski definition) is 4. The second-order valence-electron chi connectivity index (χ2n) is 7.59. The van der Waals surface area contributed by atoms with Crippen molar-refractivity contribution in [2.75, 3.05) is 0 Å². The molecule has 0 aliphatic rings. The van der Waals surface area contributed by atoms with Crippen molar-refractivity contribution in [1.82, 2.24) is 9.55 Å². The van der Waals surface area contributed by atoms with Crippen LogP contribution in [0.3, 0.4) is 0 Å². The molecule has 3 rings (SSSR count). The van der Waals surface area contributed by atoms with Crippen molar-refractivity contribution in [1.29, 1.82) is 0 Å². The van der Waals surface area contributed by atoms with Gasteiger partial charge in [-0.3, -0.25) is 19.5 Å². The fraction of sp³-hybridized carbons (Fsp3) is 0.300. The van der Waals surface area contributed by atoms with E-state index >= 15 is 0 Å². The number of aromatic nitrogens is 2. The van der Waals surface area contributed by atoms with E-state index in [-0.39, 0.29) is 33.9 Å². The van der Waals surface area contributed by atoms with E-state index < -0.39 is 69.2 Å². The normalized spacial score (nSPS) is 13.3. The summed E-state index contributed by atoms with van der Waals surface area (Å²) in [6, 6.07) is 3.03. The van der Waals surface area contributed by atoms with Gasteiger partial charge in [0.05, 0.1) is 22.4 Å². The molecule has 0 aliphatic heterocycles. The summed E-state index contributed by atoms with van der Waals surface area (Å²) < 4.78 is 134. The van der Waals surface area contributed by atoms with Crippen LogP contribution in [-0.4, -0.2) is 26.8 Å². The zero-order valence-electron chi connectivity index (χ0n) is 17.5. The van der Waals surface area contributed by atoms with Gasteiger partial charge in [0.1, 0.15) is 0 Å². The van der Waals surface area contributed by atoms with Crippen LogP contribution in [0.2, 0.25) is 0 Å². The lowest BCUT2D eigenvalue weighted by Crippen LogP contribution is -2.50. The molecule has 16 heteroatoms. The van der Waals surface area contributed by atoms with E-state index in [1.165, 1.54) is 6.92 Å². The molecule has 0 N–H and O–H groups in total. The Kier molecular flexibility index (Phi) is 6.30. The van der Waals surface area contributed by atoms with E-state index in [2.05, 4.69) is 4.98 Å². The molecule has 0 saturated heterocycles. The van der Waals surface area contributed by atoms with Crippen LogP contribution in [0.5, 0.6) is 0 Å². The number of nitro benzene ring substituents is 1. The molecular weight excluding hydrogens is 520 g/mol. The van der Waals surface area contributed by atoms with Crippen molar-refractivity contribution in [2.45, 2.75) is 37.7 Å². The number of alkyl halides is 10. The lowest BCUT2D eigenvalue weighted by molar-refractivity contribution is -0.385. The van der Waals surface area contributed by atoms with Gasteiger partial charge in [-0.05, 0) is 30.7 Å². The van der Waals surface area contributed by atoms with Gasteiger partial charge in [-0.25, -0.2) is 9.37 Å². The Balaban J connectivity index is 2.30. The van der Waals surface area contributed by atoms with Gasteiger partial charge in [-0.15, -0.1) is 0 Å². The fourth-order valence-corrected chi connectivity index (χ4v) is 3.49. The van der Waals surface area contributed by atoms with Crippen molar-refractivity contribution in [3.05, 3.63) is 79.4 Å². The van der Waals surface area contributed by atoms with Crippen molar-refractivity contribution in [3.8, 4) is 0 Å². The molecule has 1 aromatic heterocycles. The summed E-state index contributed by atoms with van der Waals surface area (Å²) in [7, 11) is 0. The molecular formula is C20H11F10N3O3. The van der Waals surface area contributed by atoms with Crippen LogP contribution in [0, 0.1) is 17.0 Å². The molecule has 6 nitrogen and oxygen atoms in total. The van der Waals surface area contributed by atoms with Crippen molar-refractivity contribution in [2.24, 2.45) is 0 Å². The molecule has 0 unspecified atom stereocenters. The SMILES string of the molecule is Cc1cc(Cn2c(C(F)(F)F)nc3ccc(C(F)(C(F)(F)F)C(F)(F)F)cc3c2=O)ccc1[N+](=O)[O-]. The van der Waals surface area contributed by atoms with Crippen molar-refractivity contribution < 1.29 is 48.8 Å². The molecule has 36 heavy (non-hydrogen) atoms. The minimum atomic E-state index is -6.52. The molecule has 0 aliphatic carbocycles. The number of hydrogen-bond donors (Lipinski definition) is 0. The first-order valence-electron chi connectivity index (χ1n) is 9.47. The molecule has 2 aromatic carbocycles. The lowest BCUT2D eigenvalue weighted by atomic mass is 9.93. The van der Waals surface area contributed by atoms with Gasteiger partial charge in [0, 0.05) is 17.2 Å². The third-order valence-electron chi connectivity index (χ3n) is 5.19. The predicted molar refractivity (Wildman–Crippen MR) is 103 cm³/mol. The van der Waals surface area contributed by atoms with Crippen LogP contribution in [-0.2, 0) is 18.4 Å². The van der Waals surface area contributed by atoms with Crippen LogP contribution in [0.15, 0.2) is 41.2 Å². The highest BCUT2D eigenvalue weighted by molar-refractivity contribution is 5.79. The van der Waals surface area contributed by atoms with Gasteiger partial charge in [0.2, 0.25) is 5.82 Å². The van der Waals surface area contributed by atoms with E-state index in [0.29, 0.717) is 0 Å². The van der Waals surface area contributed by atoms with Gasteiger partial charge < -0.3 is 0 Å². The number of aryl methyl sites for hydroxylation is 1. The van der Waals surface area contributed by atoms with E-state index in [0.717, 1.165) is 18.2 Å². The van der Waals surface area contributed by atoms with E-state index in [4.69, 9.17) is 0 Å². The van der Waals surface area contributed by atoms with Crippen LogP contribution >= 0.6 is 0 Å². The Bertz CT molecular complexity index is 1390. The van der Waals surface area contributed by atoms with Crippen LogP contribution in [0.25, 0.3) is 10.9 Å². The molecule has 0 atom stereocenters. The number of halogens is 10. The Labute approximate surface area is 192 Å². The highest BCUT2D eigenvalue weighted by Gasteiger charge is 2.73. The Morgan fingerprint density at radius 3 is 1.97 bits per heavy atom. The Morgan fingerprint density at radius 2 is 1.50 bits per heavy atom. The summed E-state index contributed by atoms with van der Waals surface area (Å²) in [5, 5.41) is 9.79. The molecule has 0 radical (unpaired) electrons. The average molecular weight is 531 g/mol. The van der Waals surface area contributed by atoms with Gasteiger partial charge in [-0.2, -0.15) is 39.5 Å². The summed E-state index contributed by atoms with van der Waals surface area (Å²) in [5.74, 6) is -1.85. The van der Waals surface area contributed by atoms with Crippen molar-refractivity contribution in [3.63, 3.8) is 0 Å². The van der Waals surface area contributed by atoms with Gasteiger partial charge in [0.15, 0.2) is 0 Å². The average Bonchev–Trinajstić information content (AvgIpc) is 2.72. The maximum Gasteiger partial charge on any atom is 0.449 e. The zero-order valence-corrected chi connectivity index (χ0v) is 17.5. The quantitative estimate of drug-likeness (QED) is 0.236. The van der Waals surface area contributed by atoms with Gasteiger partial charge >= 0.3 is 24.2 Å². The van der Waals surface area contributed by atoms with Crippen LogP contribution in [0.4, 0.5) is 49.6 Å². The smallest absolute Gasteiger partial charge is 0.284 e. The molecule has 1 heterocycles. The summed E-state index contributed by atoms with van der Waals surface area (Å²) in [6.07, 6.45) is -18.3. The molecule has 194 valence electrons. The van der Waals surface area contributed by atoms with Crippen LogP contribution < -0.4 is 5.56 Å². The monoisotopic (exact) mass is 531 g/mol. The van der Waals surface area contributed by atoms with E-state index in [1.54, 1.807) is 0 Å². The first kappa shape index (κ1) is 26.9. The van der Waals surface area contributed by atoms with E-state index in [1.807, 2.05) is 0 Å². The maximum atomic E-state index is 14.4. The minimum absolute atomic E-state index is 0.00675. The standard InChI is InChI=1S/C20H11F10N3O3/c1-9-6-10(2-5-14(9)33(35)36)8-32-15(34)12-7-11(17(21,19(25,26)27)20(28,29)30)3-4-13(12)31-16(32)18(22,23)24/h2-7H,8H2,1H3. The molecule has 0 spiro atoms. The topological polar surface area (TPSA) is 78.0 Å². The summed E-state index contributed by atoms with van der Waals surface area (Å²) in [6.45, 7) is 0.286. The maximum absolute atomic E-state index is 14.4. The fourth-order valence-electron chi connectivity index (χ4n) is 3.49. The number of fused-ring (bicyclic) bond motifs is 1. The largest absolute Gasteiger partial charge is 0.449 e. The number of nitro groups is 1. The first-order chi connectivity index (χ1) is 16.3. The third-order valence-corrected chi connectivity index (χ3v) is 5.19. The number of benzene rings is 2. The minimum Gasteiger partial charge on any atom is -0.284 e. The molecule has 0 saturated carbocycles. The first-order valence-corrected chi connectivity index (χ1v) is 9.47.